The molecule has 0 aromatic carbocycles. The van der Waals surface area contributed by atoms with Crippen LogP contribution in [0, 0.1) is 0 Å². The standard InChI is InChI=1S/C12H30NO2P/c1-7-8-9-10-16(6,14,15)13(11(2)3)12(4)5/h11-12,14-15H,7-10H2,1-6H3. The van der Waals surface area contributed by atoms with Crippen LogP contribution in [0.1, 0.15) is 53.9 Å². The minimum absolute atomic E-state index is 0.166. The van der Waals surface area contributed by atoms with E-state index in [1.165, 1.54) is 0 Å². The van der Waals surface area contributed by atoms with Crippen molar-refractivity contribution < 1.29 is 9.79 Å². The Labute approximate surface area is 101 Å². The van der Waals surface area contributed by atoms with Crippen molar-refractivity contribution in [1.82, 2.24) is 4.67 Å². The Morgan fingerprint density at radius 1 is 1.00 bits per heavy atom. The maximum atomic E-state index is 10.6. The Hall–Kier alpha value is 0.310. The molecule has 0 rings (SSSR count). The van der Waals surface area contributed by atoms with Gasteiger partial charge < -0.3 is 0 Å². The number of unbranched alkanes of at least 4 members (excludes halogenated alkanes) is 2. The molecular formula is C12H30NO2P. The summed E-state index contributed by atoms with van der Waals surface area (Å²) in [6, 6.07) is 0.332. The van der Waals surface area contributed by atoms with Gasteiger partial charge in [-0.3, -0.25) is 0 Å². The van der Waals surface area contributed by atoms with Gasteiger partial charge in [-0.15, -0.1) is 0 Å². The zero-order chi connectivity index (χ0) is 13.0. The summed E-state index contributed by atoms with van der Waals surface area (Å²) < 4.78 is 1.90. The Bertz CT molecular complexity index is 201. The van der Waals surface area contributed by atoms with Gasteiger partial charge in [0, 0.05) is 0 Å². The van der Waals surface area contributed by atoms with Crippen molar-refractivity contribution in [3.8, 4) is 0 Å². The van der Waals surface area contributed by atoms with Gasteiger partial charge in [-0.05, 0) is 0 Å². The van der Waals surface area contributed by atoms with Crippen LogP contribution in [0.3, 0.4) is 0 Å². The van der Waals surface area contributed by atoms with Crippen LogP contribution in [0.4, 0.5) is 0 Å². The minimum atomic E-state index is -3.64. The summed E-state index contributed by atoms with van der Waals surface area (Å²) in [7, 11) is -3.64. The molecule has 0 aliphatic carbocycles. The zero-order valence-corrected chi connectivity index (χ0v) is 12.7. The van der Waals surface area contributed by atoms with Gasteiger partial charge in [-0.1, -0.05) is 0 Å². The van der Waals surface area contributed by atoms with Crippen LogP contribution in [-0.2, 0) is 0 Å². The average molecular weight is 251 g/mol. The van der Waals surface area contributed by atoms with Crippen LogP contribution in [0.5, 0.6) is 0 Å². The molecule has 100 valence electrons. The predicted molar refractivity (Wildman–Crippen MR) is 73.8 cm³/mol. The molecule has 0 fully saturated rings. The van der Waals surface area contributed by atoms with Crippen molar-refractivity contribution in [3.05, 3.63) is 0 Å². The van der Waals surface area contributed by atoms with Crippen molar-refractivity contribution in [2.24, 2.45) is 0 Å². The summed E-state index contributed by atoms with van der Waals surface area (Å²) in [6.07, 6.45) is 3.59. The van der Waals surface area contributed by atoms with E-state index < -0.39 is 7.21 Å². The SMILES string of the molecule is CCCCCP(C)(O)(O)N(C(C)C)C(C)C. The third kappa shape index (κ3) is 4.67. The van der Waals surface area contributed by atoms with Crippen LogP contribution >= 0.6 is 7.21 Å². The summed E-state index contributed by atoms with van der Waals surface area (Å²) in [6.45, 7) is 11.9. The van der Waals surface area contributed by atoms with Gasteiger partial charge in [0.15, 0.2) is 0 Å². The van der Waals surface area contributed by atoms with E-state index in [9.17, 15) is 9.79 Å². The van der Waals surface area contributed by atoms with E-state index in [-0.39, 0.29) is 12.1 Å². The molecule has 0 amide bonds. The molecule has 0 saturated heterocycles. The van der Waals surface area contributed by atoms with Gasteiger partial charge in [0.05, 0.1) is 0 Å². The van der Waals surface area contributed by atoms with Crippen molar-refractivity contribution in [1.29, 1.82) is 0 Å². The topological polar surface area (TPSA) is 43.7 Å². The molecule has 0 aliphatic rings. The molecule has 3 nitrogen and oxygen atoms in total. The monoisotopic (exact) mass is 251 g/mol. The molecule has 2 N–H and O–H groups in total. The molecule has 0 saturated carbocycles. The Morgan fingerprint density at radius 2 is 1.44 bits per heavy atom. The predicted octanol–water partition coefficient (Wildman–Crippen LogP) is 3.21. The van der Waals surface area contributed by atoms with Crippen molar-refractivity contribution >= 4 is 7.21 Å². The van der Waals surface area contributed by atoms with Gasteiger partial charge in [-0.25, -0.2) is 0 Å². The van der Waals surface area contributed by atoms with Crippen LogP contribution in [0.15, 0.2) is 0 Å². The number of hydrogen-bond donors (Lipinski definition) is 2. The van der Waals surface area contributed by atoms with Crippen LogP contribution in [-0.4, -0.2) is 39.4 Å². The maximum absolute atomic E-state index is 10.6. The summed E-state index contributed by atoms with van der Waals surface area (Å²) >= 11 is 0. The first-order chi connectivity index (χ1) is 7.10. The Kier molecular flexibility index (Phi) is 5.88. The second-order valence-corrected chi connectivity index (χ2v) is 9.73. The fraction of sp³-hybridized carbons (Fsp3) is 1.00. The van der Waals surface area contributed by atoms with Crippen LogP contribution in [0.25, 0.3) is 0 Å². The zero-order valence-electron chi connectivity index (χ0n) is 11.8. The number of hydrogen-bond acceptors (Lipinski definition) is 3. The van der Waals surface area contributed by atoms with Crippen molar-refractivity contribution in [2.45, 2.75) is 66.0 Å². The molecule has 0 aliphatic heterocycles. The first-order valence-electron chi connectivity index (χ1n) is 6.40. The normalized spacial score (nSPS) is 15.8. The molecule has 0 bridgehead atoms. The molecule has 0 aromatic heterocycles. The first kappa shape index (κ1) is 16.3. The summed E-state index contributed by atoms with van der Waals surface area (Å²) in [5.74, 6) is 0. The fourth-order valence-corrected chi connectivity index (χ4v) is 6.24. The fourth-order valence-electron chi connectivity index (χ4n) is 2.65. The molecular weight excluding hydrogens is 221 g/mol. The molecule has 0 aromatic rings. The Balaban J connectivity index is 4.78. The van der Waals surface area contributed by atoms with E-state index in [1.54, 1.807) is 6.66 Å². The molecule has 0 spiro atoms. The van der Waals surface area contributed by atoms with E-state index in [0.29, 0.717) is 6.16 Å². The van der Waals surface area contributed by atoms with Crippen molar-refractivity contribution in [3.63, 3.8) is 0 Å². The van der Waals surface area contributed by atoms with E-state index in [1.807, 2.05) is 32.4 Å². The van der Waals surface area contributed by atoms with Crippen molar-refractivity contribution in [2.75, 3.05) is 12.8 Å². The molecule has 0 unspecified atom stereocenters. The van der Waals surface area contributed by atoms with Gasteiger partial charge >= 0.3 is 100 Å². The van der Waals surface area contributed by atoms with Gasteiger partial charge in [0.1, 0.15) is 0 Å². The molecule has 0 radical (unpaired) electrons. The average Bonchev–Trinajstić information content (AvgIpc) is 1.99. The third-order valence-corrected chi connectivity index (χ3v) is 6.43. The van der Waals surface area contributed by atoms with E-state index >= 15 is 0 Å². The number of rotatable bonds is 7. The molecule has 4 heteroatoms. The van der Waals surface area contributed by atoms with E-state index in [0.717, 1.165) is 19.3 Å². The van der Waals surface area contributed by atoms with E-state index in [4.69, 9.17) is 0 Å². The third-order valence-electron chi connectivity index (χ3n) is 2.94. The molecule has 0 heterocycles. The van der Waals surface area contributed by atoms with Gasteiger partial charge in [0.25, 0.3) is 0 Å². The van der Waals surface area contributed by atoms with Gasteiger partial charge in [0.2, 0.25) is 0 Å². The summed E-state index contributed by atoms with van der Waals surface area (Å²) in [5, 5.41) is 0. The first-order valence-corrected chi connectivity index (χ1v) is 9.12. The second-order valence-electron chi connectivity index (χ2n) is 5.61. The van der Waals surface area contributed by atoms with Crippen LogP contribution < -0.4 is 0 Å². The summed E-state index contributed by atoms with van der Waals surface area (Å²) in [5.41, 5.74) is 0. The van der Waals surface area contributed by atoms with Gasteiger partial charge in [-0.2, -0.15) is 0 Å². The summed E-state index contributed by atoms with van der Waals surface area (Å²) in [4.78, 5) is 21.2. The number of nitrogens with zero attached hydrogens (tertiary/aromatic N) is 1. The van der Waals surface area contributed by atoms with E-state index in [2.05, 4.69) is 6.92 Å². The van der Waals surface area contributed by atoms with Crippen LogP contribution in [0.2, 0.25) is 0 Å². The Morgan fingerprint density at radius 3 is 1.75 bits per heavy atom. The second kappa shape index (κ2) is 5.77. The quantitative estimate of drug-likeness (QED) is 0.539. The molecule has 0 atom stereocenters. The molecule has 16 heavy (non-hydrogen) atoms.